The average molecular weight is 262 g/mol. The second-order valence-electron chi connectivity index (χ2n) is 5.33. The van der Waals surface area contributed by atoms with E-state index < -0.39 is 0 Å². The lowest BCUT2D eigenvalue weighted by Crippen LogP contribution is -2.31. The van der Waals surface area contributed by atoms with Gasteiger partial charge in [-0.3, -0.25) is 4.90 Å². The van der Waals surface area contributed by atoms with Crippen LogP contribution < -0.4 is 10.1 Å². The summed E-state index contributed by atoms with van der Waals surface area (Å²) in [6.07, 6.45) is 3.84. The van der Waals surface area contributed by atoms with Gasteiger partial charge in [0, 0.05) is 12.6 Å². The van der Waals surface area contributed by atoms with Crippen LogP contribution in [0.3, 0.4) is 0 Å². The van der Waals surface area contributed by atoms with Gasteiger partial charge in [0.15, 0.2) is 0 Å². The van der Waals surface area contributed by atoms with Crippen molar-refractivity contribution in [2.75, 3.05) is 26.7 Å². The lowest BCUT2D eigenvalue weighted by Gasteiger charge is -2.27. The molecule has 0 amide bonds. The van der Waals surface area contributed by atoms with Gasteiger partial charge in [-0.2, -0.15) is 0 Å². The smallest absolute Gasteiger partial charge is 0.119 e. The predicted octanol–water partition coefficient (Wildman–Crippen LogP) is 2.66. The lowest BCUT2D eigenvalue weighted by atomic mass is 10.1. The molecule has 1 aromatic carbocycles. The van der Waals surface area contributed by atoms with Gasteiger partial charge in [-0.25, -0.2) is 0 Å². The van der Waals surface area contributed by atoms with E-state index in [4.69, 9.17) is 4.74 Å². The van der Waals surface area contributed by atoms with Gasteiger partial charge in [-0.1, -0.05) is 12.1 Å². The fourth-order valence-corrected chi connectivity index (χ4v) is 2.76. The van der Waals surface area contributed by atoms with Crippen LogP contribution in [0.4, 0.5) is 0 Å². The third kappa shape index (κ3) is 4.51. The molecule has 1 atom stereocenters. The van der Waals surface area contributed by atoms with Gasteiger partial charge in [0.1, 0.15) is 5.75 Å². The van der Waals surface area contributed by atoms with Crippen LogP contribution in [-0.2, 0) is 6.54 Å². The molecule has 0 radical (unpaired) electrons. The average Bonchev–Trinajstić information content (AvgIpc) is 2.68. The zero-order valence-electron chi connectivity index (χ0n) is 12.2. The van der Waals surface area contributed by atoms with Crippen LogP contribution in [0.5, 0.6) is 5.75 Å². The summed E-state index contributed by atoms with van der Waals surface area (Å²) >= 11 is 0. The van der Waals surface area contributed by atoms with E-state index in [-0.39, 0.29) is 0 Å². The van der Waals surface area contributed by atoms with Gasteiger partial charge in [0.2, 0.25) is 0 Å². The zero-order chi connectivity index (χ0) is 13.5. The molecule has 1 fully saturated rings. The molecule has 0 saturated carbocycles. The molecule has 1 aliphatic rings. The van der Waals surface area contributed by atoms with Gasteiger partial charge >= 0.3 is 0 Å². The maximum Gasteiger partial charge on any atom is 0.119 e. The van der Waals surface area contributed by atoms with Crippen molar-refractivity contribution in [2.45, 2.75) is 38.8 Å². The number of nitrogens with zero attached hydrogens (tertiary/aromatic N) is 1. The summed E-state index contributed by atoms with van der Waals surface area (Å²) in [5, 5.41) is 3.48. The van der Waals surface area contributed by atoms with Crippen LogP contribution in [-0.4, -0.2) is 37.7 Å². The van der Waals surface area contributed by atoms with Gasteiger partial charge < -0.3 is 10.1 Å². The molecule has 0 aromatic heterocycles. The molecule has 1 N–H and O–H groups in total. The van der Waals surface area contributed by atoms with E-state index in [0.717, 1.165) is 25.4 Å². The molecule has 1 unspecified atom stereocenters. The minimum Gasteiger partial charge on any atom is -0.494 e. The maximum absolute atomic E-state index is 5.57. The third-order valence-corrected chi connectivity index (χ3v) is 3.81. The Kier molecular flexibility index (Phi) is 5.67. The minimum atomic E-state index is 0.700. The Bertz CT molecular complexity index is 373. The summed E-state index contributed by atoms with van der Waals surface area (Å²) in [6.45, 7) is 6.08. The summed E-state index contributed by atoms with van der Waals surface area (Å²) in [5.74, 6) is 0.982. The first kappa shape index (κ1) is 14.4. The highest BCUT2D eigenvalue weighted by Crippen LogP contribution is 2.18. The first-order valence-electron chi connectivity index (χ1n) is 7.42. The molecule has 1 aromatic rings. The van der Waals surface area contributed by atoms with Crippen LogP contribution in [0.2, 0.25) is 0 Å². The SMILES string of the molecule is CCOc1cccc(CN(C)C2CCCNCC2)c1. The monoisotopic (exact) mass is 262 g/mol. The standard InChI is InChI=1S/C16H26N2O/c1-3-19-16-8-4-6-14(12-16)13-18(2)15-7-5-10-17-11-9-15/h4,6,8,12,15,17H,3,5,7,9-11,13H2,1-2H3. The Labute approximate surface area is 116 Å². The van der Waals surface area contributed by atoms with Crippen LogP contribution in [0, 0.1) is 0 Å². The van der Waals surface area contributed by atoms with Crippen molar-refractivity contribution >= 4 is 0 Å². The molecule has 2 rings (SSSR count). The number of benzene rings is 1. The summed E-state index contributed by atoms with van der Waals surface area (Å²) in [4.78, 5) is 2.48. The summed E-state index contributed by atoms with van der Waals surface area (Å²) in [7, 11) is 2.24. The number of ether oxygens (including phenoxy) is 1. The van der Waals surface area contributed by atoms with E-state index in [1.165, 1.54) is 31.4 Å². The van der Waals surface area contributed by atoms with E-state index in [2.05, 4.69) is 35.5 Å². The molecule has 106 valence electrons. The molecule has 0 bridgehead atoms. The molecular weight excluding hydrogens is 236 g/mol. The van der Waals surface area contributed by atoms with Crippen molar-refractivity contribution in [3.8, 4) is 5.75 Å². The number of rotatable bonds is 5. The second kappa shape index (κ2) is 7.51. The van der Waals surface area contributed by atoms with Crippen LogP contribution in [0.25, 0.3) is 0 Å². The van der Waals surface area contributed by atoms with E-state index in [1.54, 1.807) is 0 Å². The third-order valence-electron chi connectivity index (χ3n) is 3.81. The van der Waals surface area contributed by atoms with Gasteiger partial charge in [0.05, 0.1) is 6.61 Å². The normalized spacial score (nSPS) is 20.3. The molecule has 3 nitrogen and oxygen atoms in total. The number of hydrogen-bond acceptors (Lipinski definition) is 3. The first-order valence-corrected chi connectivity index (χ1v) is 7.42. The van der Waals surface area contributed by atoms with E-state index in [1.807, 2.05) is 13.0 Å². The molecule has 1 saturated heterocycles. The molecule has 0 spiro atoms. The van der Waals surface area contributed by atoms with Gasteiger partial charge in [0.25, 0.3) is 0 Å². The van der Waals surface area contributed by atoms with Crippen molar-refractivity contribution in [2.24, 2.45) is 0 Å². The van der Waals surface area contributed by atoms with Crippen molar-refractivity contribution in [1.29, 1.82) is 0 Å². The molecule has 1 heterocycles. The van der Waals surface area contributed by atoms with Crippen molar-refractivity contribution in [1.82, 2.24) is 10.2 Å². The van der Waals surface area contributed by atoms with E-state index >= 15 is 0 Å². The van der Waals surface area contributed by atoms with Crippen molar-refractivity contribution < 1.29 is 4.74 Å². The summed E-state index contributed by atoms with van der Waals surface area (Å²) in [6, 6.07) is 9.17. The topological polar surface area (TPSA) is 24.5 Å². The molecular formula is C16H26N2O. The van der Waals surface area contributed by atoms with Gasteiger partial charge in [-0.05, 0) is 64.0 Å². The molecule has 1 aliphatic heterocycles. The second-order valence-corrected chi connectivity index (χ2v) is 5.33. The van der Waals surface area contributed by atoms with E-state index in [9.17, 15) is 0 Å². The predicted molar refractivity (Wildman–Crippen MR) is 79.6 cm³/mol. The Morgan fingerprint density at radius 3 is 3.05 bits per heavy atom. The summed E-state index contributed by atoms with van der Waals surface area (Å²) in [5.41, 5.74) is 1.34. The van der Waals surface area contributed by atoms with Crippen LogP contribution in [0.15, 0.2) is 24.3 Å². The Morgan fingerprint density at radius 2 is 2.21 bits per heavy atom. The van der Waals surface area contributed by atoms with Crippen LogP contribution in [0.1, 0.15) is 31.7 Å². The zero-order valence-corrected chi connectivity index (χ0v) is 12.2. The van der Waals surface area contributed by atoms with E-state index in [0.29, 0.717) is 6.04 Å². The molecule has 19 heavy (non-hydrogen) atoms. The van der Waals surface area contributed by atoms with Gasteiger partial charge in [-0.15, -0.1) is 0 Å². The lowest BCUT2D eigenvalue weighted by molar-refractivity contribution is 0.216. The maximum atomic E-state index is 5.57. The van der Waals surface area contributed by atoms with Crippen molar-refractivity contribution in [3.63, 3.8) is 0 Å². The van der Waals surface area contributed by atoms with Crippen molar-refractivity contribution in [3.05, 3.63) is 29.8 Å². The first-order chi connectivity index (χ1) is 9.29. The summed E-state index contributed by atoms with van der Waals surface area (Å²) < 4.78 is 5.57. The Hall–Kier alpha value is -1.06. The quantitative estimate of drug-likeness (QED) is 0.883. The molecule has 0 aliphatic carbocycles. The fourth-order valence-electron chi connectivity index (χ4n) is 2.76. The number of nitrogens with one attached hydrogen (secondary N) is 1. The number of hydrogen-bond donors (Lipinski definition) is 1. The highest BCUT2D eigenvalue weighted by Gasteiger charge is 2.16. The largest absolute Gasteiger partial charge is 0.494 e. The highest BCUT2D eigenvalue weighted by molar-refractivity contribution is 5.28. The fraction of sp³-hybridized carbons (Fsp3) is 0.625. The Balaban J connectivity index is 1.93. The Morgan fingerprint density at radius 1 is 1.32 bits per heavy atom. The van der Waals surface area contributed by atoms with Crippen LogP contribution >= 0.6 is 0 Å². The highest BCUT2D eigenvalue weighted by atomic mass is 16.5. The molecule has 3 heteroatoms. The minimum absolute atomic E-state index is 0.700.